The molecule has 0 spiro atoms. The molecule has 1 aromatic heterocycles. The van der Waals surface area contributed by atoms with E-state index in [-0.39, 0.29) is 11.5 Å². The van der Waals surface area contributed by atoms with Crippen molar-refractivity contribution in [1.82, 2.24) is 19.3 Å². The summed E-state index contributed by atoms with van der Waals surface area (Å²) in [4.78, 5) is 32.9. The number of hydrogen-bond acceptors (Lipinski definition) is 6. The summed E-state index contributed by atoms with van der Waals surface area (Å²) in [6.07, 6.45) is 1.68. The maximum Gasteiger partial charge on any atom is 0.279 e. The fraction of sp³-hybridized carbons (Fsp3) is 0.421. The highest BCUT2D eigenvalue weighted by Crippen LogP contribution is 2.40. The first-order chi connectivity index (χ1) is 13.3. The van der Waals surface area contributed by atoms with Crippen molar-refractivity contribution >= 4 is 57.1 Å². The van der Waals surface area contributed by atoms with E-state index in [9.17, 15) is 9.59 Å². The summed E-state index contributed by atoms with van der Waals surface area (Å²) < 4.78 is 2.90. The number of rotatable bonds is 4. The number of carbonyl (C=O) groups excluding carboxylic acids is 1. The summed E-state index contributed by atoms with van der Waals surface area (Å²) in [5, 5.41) is 1.39. The Kier molecular flexibility index (Phi) is 5.88. The van der Waals surface area contributed by atoms with Gasteiger partial charge >= 0.3 is 0 Å². The van der Waals surface area contributed by atoms with Crippen molar-refractivity contribution in [2.75, 3.05) is 20.1 Å². The lowest BCUT2D eigenvalue weighted by Crippen LogP contribution is -2.35. The van der Waals surface area contributed by atoms with Crippen LogP contribution in [0.25, 0.3) is 10.7 Å². The van der Waals surface area contributed by atoms with Crippen LogP contribution in [0.2, 0.25) is 0 Å². The predicted octanol–water partition coefficient (Wildman–Crippen LogP) is 1.67. The molecular weight excluding hydrogens is 412 g/mol. The number of carbonyl (C=O) groups is 1. The van der Waals surface area contributed by atoms with Crippen molar-refractivity contribution < 1.29 is 4.79 Å². The molecule has 1 fully saturated rings. The van der Waals surface area contributed by atoms with Gasteiger partial charge in [-0.3, -0.25) is 19.1 Å². The van der Waals surface area contributed by atoms with Gasteiger partial charge in [-0.25, -0.2) is 0 Å². The van der Waals surface area contributed by atoms with E-state index >= 15 is 0 Å². The average molecular weight is 437 g/mol. The summed E-state index contributed by atoms with van der Waals surface area (Å²) in [7, 11) is 1.78. The molecule has 1 saturated heterocycles. The second-order valence-electron chi connectivity index (χ2n) is 6.47. The summed E-state index contributed by atoms with van der Waals surface area (Å²) in [5.74, 6) is -0.164. The smallest absolute Gasteiger partial charge is 0.279 e. The quantitative estimate of drug-likeness (QED) is 0.529. The van der Waals surface area contributed by atoms with E-state index in [1.54, 1.807) is 39.3 Å². The van der Waals surface area contributed by atoms with Crippen LogP contribution in [-0.4, -0.2) is 50.4 Å². The number of thiazole rings is 1. The third kappa shape index (κ3) is 3.05. The molecule has 0 N–H and O–H groups in total. The van der Waals surface area contributed by atoms with Crippen LogP contribution in [0.1, 0.15) is 27.7 Å². The molecule has 28 heavy (non-hydrogen) atoms. The molecule has 2 aliphatic heterocycles. The Morgan fingerprint density at radius 1 is 1.14 bits per heavy atom. The largest absolute Gasteiger partial charge is 0.338 e. The molecule has 3 heterocycles. The molecule has 0 radical (unpaired) electrons. The minimum atomic E-state index is -0.164. The van der Waals surface area contributed by atoms with E-state index in [4.69, 9.17) is 12.2 Å². The van der Waals surface area contributed by atoms with Crippen LogP contribution >= 0.6 is 35.3 Å². The SMILES string of the molecule is C=CCn1c(=O)/c(=C2/SC(C)=C(C)N2CC)s/c1=C1/C(=O)N(CC)C(=S)N1C. The Labute approximate surface area is 178 Å². The van der Waals surface area contributed by atoms with Crippen LogP contribution < -0.4 is 14.8 Å². The van der Waals surface area contributed by atoms with Gasteiger partial charge in [0.15, 0.2) is 5.11 Å². The average Bonchev–Trinajstić information content (AvgIpc) is 3.20. The first-order valence-corrected chi connectivity index (χ1v) is 11.1. The van der Waals surface area contributed by atoms with E-state index in [1.165, 1.54) is 16.2 Å². The number of likely N-dealkylation sites (N-methyl/N-ethyl adjacent to an activating group) is 2. The van der Waals surface area contributed by atoms with Crippen molar-refractivity contribution in [1.29, 1.82) is 0 Å². The molecule has 0 unspecified atom stereocenters. The number of nitrogens with zero attached hydrogens (tertiary/aromatic N) is 4. The number of allylic oxidation sites excluding steroid dienone is 3. The zero-order valence-electron chi connectivity index (χ0n) is 16.7. The van der Waals surface area contributed by atoms with Crippen molar-refractivity contribution in [2.45, 2.75) is 34.2 Å². The maximum atomic E-state index is 13.3. The lowest BCUT2D eigenvalue weighted by atomic mass is 10.4. The predicted molar refractivity (Wildman–Crippen MR) is 121 cm³/mol. The van der Waals surface area contributed by atoms with Gasteiger partial charge < -0.3 is 9.80 Å². The second kappa shape index (κ2) is 7.88. The van der Waals surface area contributed by atoms with E-state index in [0.717, 1.165) is 17.3 Å². The van der Waals surface area contributed by atoms with Crippen LogP contribution in [-0.2, 0) is 11.3 Å². The van der Waals surface area contributed by atoms with Gasteiger partial charge in [-0.05, 0) is 39.9 Å². The monoisotopic (exact) mass is 436 g/mol. The van der Waals surface area contributed by atoms with Gasteiger partial charge in [0, 0.05) is 37.3 Å². The number of amides is 1. The van der Waals surface area contributed by atoms with Gasteiger partial charge in [-0.1, -0.05) is 17.8 Å². The molecule has 0 atom stereocenters. The highest BCUT2D eigenvalue weighted by Gasteiger charge is 2.36. The molecule has 150 valence electrons. The Bertz CT molecular complexity index is 1080. The van der Waals surface area contributed by atoms with Crippen LogP contribution in [0, 0.1) is 0 Å². The van der Waals surface area contributed by atoms with E-state index in [2.05, 4.69) is 32.3 Å². The van der Waals surface area contributed by atoms with Gasteiger partial charge in [0.1, 0.15) is 19.9 Å². The molecule has 0 aromatic carbocycles. The Hall–Kier alpha value is -1.84. The van der Waals surface area contributed by atoms with E-state index in [0.29, 0.717) is 33.1 Å². The standard InChI is InChI=1S/C19H24N4O2S3/c1-7-10-23-16(25)14(18-21(8-2)11(4)12(5)27-18)28-17(23)13-15(24)22(9-3)19(26)20(13)6/h7H,1,8-10H2,2-6H3/b17-13-,18-14-. The third-order valence-corrected chi connectivity index (χ3v) is 7.96. The minimum Gasteiger partial charge on any atom is -0.338 e. The fourth-order valence-electron chi connectivity index (χ4n) is 3.33. The highest BCUT2D eigenvalue weighted by atomic mass is 32.2. The number of aromatic nitrogens is 1. The van der Waals surface area contributed by atoms with Gasteiger partial charge in [-0.15, -0.1) is 17.9 Å². The zero-order chi connectivity index (χ0) is 20.7. The second-order valence-corrected chi connectivity index (χ2v) is 9.04. The van der Waals surface area contributed by atoms with Crippen LogP contribution in [0.5, 0.6) is 0 Å². The normalized spacial score (nSPS) is 21.5. The highest BCUT2D eigenvalue weighted by molar-refractivity contribution is 8.11. The topological polar surface area (TPSA) is 48.8 Å². The van der Waals surface area contributed by atoms with Crippen LogP contribution in [0.15, 0.2) is 28.1 Å². The summed E-state index contributed by atoms with van der Waals surface area (Å²) in [6.45, 7) is 13.5. The first-order valence-electron chi connectivity index (χ1n) is 9.09. The molecule has 0 bridgehead atoms. The lowest BCUT2D eigenvalue weighted by molar-refractivity contribution is -0.120. The molecule has 2 aliphatic rings. The molecule has 0 aliphatic carbocycles. The van der Waals surface area contributed by atoms with E-state index < -0.39 is 0 Å². The Balaban J connectivity index is 2.38. The minimum absolute atomic E-state index is 0.0992. The van der Waals surface area contributed by atoms with Crippen molar-refractivity contribution in [3.8, 4) is 0 Å². The number of thioether (sulfide) groups is 1. The molecular formula is C19H24N4O2S3. The molecule has 9 heteroatoms. The summed E-state index contributed by atoms with van der Waals surface area (Å²) in [6, 6.07) is 0. The third-order valence-electron chi connectivity index (χ3n) is 4.93. The number of hydrogen-bond donors (Lipinski definition) is 0. The van der Waals surface area contributed by atoms with E-state index in [1.807, 2.05) is 6.92 Å². The Morgan fingerprint density at radius 2 is 1.79 bits per heavy atom. The molecule has 1 amide bonds. The Morgan fingerprint density at radius 3 is 2.32 bits per heavy atom. The van der Waals surface area contributed by atoms with Crippen LogP contribution in [0.3, 0.4) is 0 Å². The molecule has 0 saturated carbocycles. The van der Waals surface area contributed by atoms with Gasteiger partial charge in [0.05, 0.1) is 0 Å². The van der Waals surface area contributed by atoms with Crippen molar-refractivity contribution in [2.24, 2.45) is 0 Å². The summed E-state index contributed by atoms with van der Waals surface area (Å²) in [5.41, 5.74) is 1.51. The lowest BCUT2D eigenvalue weighted by Gasteiger charge is -2.17. The van der Waals surface area contributed by atoms with Crippen molar-refractivity contribution in [3.63, 3.8) is 0 Å². The molecule has 3 rings (SSSR count). The first kappa shape index (κ1) is 20.9. The van der Waals surface area contributed by atoms with Gasteiger partial charge in [0.2, 0.25) is 0 Å². The fourth-order valence-corrected chi connectivity index (χ4v) is 6.17. The maximum absolute atomic E-state index is 13.3. The molecule has 1 aromatic rings. The van der Waals surface area contributed by atoms with Crippen molar-refractivity contribution in [3.05, 3.63) is 42.8 Å². The van der Waals surface area contributed by atoms with Crippen LogP contribution in [0.4, 0.5) is 0 Å². The van der Waals surface area contributed by atoms with Gasteiger partial charge in [0.25, 0.3) is 11.5 Å². The zero-order valence-corrected chi connectivity index (χ0v) is 19.2. The molecule has 6 nitrogen and oxygen atoms in total. The van der Waals surface area contributed by atoms with Gasteiger partial charge in [-0.2, -0.15) is 0 Å². The summed E-state index contributed by atoms with van der Waals surface area (Å²) >= 11 is 8.39. The number of thiocarbonyl (C=S) groups is 1.